The molecule has 2 saturated heterocycles. The van der Waals surface area contributed by atoms with Gasteiger partial charge in [0.2, 0.25) is 11.9 Å². The van der Waals surface area contributed by atoms with Gasteiger partial charge in [-0.3, -0.25) is 14.4 Å². The molecular weight excluding hydrogens is 284 g/mol. The van der Waals surface area contributed by atoms with Gasteiger partial charge in [0.15, 0.2) is 11.9 Å². The van der Waals surface area contributed by atoms with Crippen molar-refractivity contribution in [2.45, 2.75) is 51.5 Å². The smallest absolute Gasteiger partial charge is 0.303 e. The number of hydrogen-bond acceptors (Lipinski definition) is 8. The van der Waals surface area contributed by atoms with Crippen molar-refractivity contribution in [3.8, 4) is 0 Å². The summed E-state index contributed by atoms with van der Waals surface area (Å²) in [4.78, 5) is 34.8. The first-order chi connectivity index (χ1) is 9.65. The summed E-state index contributed by atoms with van der Waals surface area (Å²) in [6, 6.07) is 0. The molecular formula is C13H18O8. The number of carbonyl (C=O) groups is 3. The largest absolute Gasteiger partial charge is 0.456 e. The lowest BCUT2D eigenvalue weighted by atomic mass is 9.99. The van der Waals surface area contributed by atoms with Crippen LogP contribution in [0.25, 0.3) is 0 Å². The van der Waals surface area contributed by atoms with Gasteiger partial charge in [0, 0.05) is 13.8 Å². The van der Waals surface area contributed by atoms with Crippen LogP contribution in [-0.4, -0.2) is 54.7 Å². The molecule has 0 aromatic heterocycles. The summed E-state index contributed by atoms with van der Waals surface area (Å²) in [5, 5.41) is 0. The zero-order valence-electron chi connectivity index (χ0n) is 12.3. The standard InChI is InChI=1S/C13H18O8/c1-7(14)19-9-5-17-13(6-18-12(3,4)21-13)11(16)10(9)20-8(2)15/h9-10H,5-6H2,1-4H3/t9-,10-,13+/m1/s1. The van der Waals surface area contributed by atoms with E-state index in [1.54, 1.807) is 13.8 Å². The number of ketones is 1. The van der Waals surface area contributed by atoms with Gasteiger partial charge in [0.1, 0.15) is 6.61 Å². The third kappa shape index (κ3) is 3.22. The monoisotopic (exact) mass is 302 g/mol. The van der Waals surface area contributed by atoms with Crippen LogP contribution in [0.4, 0.5) is 0 Å². The first-order valence-corrected chi connectivity index (χ1v) is 6.52. The van der Waals surface area contributed by atoms with Gasteiger partial charge in [0.05, 0.1) is 6.61 Å². The third-order valence-corrected chi connectivity index (χ3v) is 3.08. The SMILES string of the molecule is CC(=O)O[C@@H]1CO[C@]2(COC(C)(C)O2)C(=O)[C@@H]1OC(C)=O. The van der Waals surface area contributed by atoms with Crippen molar-refractivity contribution < 1.29 is 38.1 Å². The third-order valence-electron chi connectivity index (χ3n) is 3.08. The minimum Gasteiger partial charge on any atom is -0.456 e. The molecule has 21 heavy (non-hydrogen) atoms. The molecule has 8 heteroatoms. The summed E-state index contributed by atoms with van der Waals surface area (Å²) in [5.74, 6) is -4.54. The Morgan fingerprint density at radius 2 is 1.76 bits per heavy atom. The van der Waals surface area contributed by atoms with Crippen molar-refractivity contribution in [2.75, 3.05) is 13.2 Å². The maximum atomic E-state index is 12.6. The maximum absolute atomic E-state index is 12.6. The fourth-order valence-corrected chi connectivity index (χ4v) is 2.30. The van der Waals surface area contributed by atoms with Gasteiger partial charge in [-0.25, -0.2) is 0 Å². The van der Waals surface area contributed by atoms with Gasteiger partial charge >= 0.3 is 11.9 Å². The van der Waals surface area contributed by atoms with Crippen LogP contribution in [0.2, 0.25) is 0 Å². The number of rotatable bonds is 2. The Labute approximate surface area is 121 Å². The van der Waals surface area contributed by atoms with Crippen LogP contribution in [-0.2, 0) is 38.1 Å². The molecule has 0 amide bonds. The number of ether oxygens (including phenoxy) is 5. The second kappa shape index (κ2) is 5.36. The highest BCUT2D eigenvalue weighted by Crippen LogP contribution is 2.37. The molecule has 8 nitrogen and oxygen atoms in total. The van der Waals surface area contributed by atoms with Crippen molar-refractivity contribution in [3.05, 3.63) is 0 Å². The molecule has 0 radical (unpaired) electrons. The average Bonchev–Trinajstić information content (AvgIpc) is 2.65. The summed E-state index contributed by atoms with van der Waals surface area (Å²) < 4.78 is 26.3. The predicted octanol–water partition coefficient (Wildman–Crippen LogP) is -0.0717. The van der Waals surface area contributed by atoms with Crippen LogP contribution in [0.5, 0.6) is 0 Å². The minimum absolute atomic E-state index is 0.122. The summed E-state index contributed by atoms with van der Waals surface area (Å²) in [7, 11) is 0. The minimum atomic E-state index is -1.64. The molecule has 0 aromatic carbocycles. The van der Waals surface area contributed by atoms with E-state index < -0.39 is 41.5 Å². The van der Waals surface area contributed by atoms with Crippen LogP contribution in [0, 0.1) is 0 Å². The lowest BCUT2D eigenvalue weighted by Crippen LogP contribution is -2.61. The molecule has 2 rings (SSSR count). The zero-order valence-corrected chi connectivity index (χ0v) is 12.3. The van der Waals surface area contributed by atoms with Crippen LogP contribution < -0.4 is 0 Å². The Morgan fingerprint density at radius 3 is 2.24 bits per heavy atom. The van der Waals surface area contributed by atoms with Gasteiger partial charge in [0.25, 0.3) is 5.79 Å². The van der Waals surface area contributed by atoms with Crippen LogP contribution >= 0.6 is 0 Å². The van der Waals surface area contributed by atoms with E-state index in [1.807, 2.05) is 0 Å². The Hall–Kier alpha value is -1.51. The fourth-order valence-electron chi connectivity index (χ4n) is 2.30. The summed E-state index contributed by atoms with van der Waals surface area (Å²) in [5.41, 5.74) is 0. The van der Waals surface area contributed by atoms with Crippen molar-refractivity contribution in [3.63, 3.8) is 0 Å². The Morgan fingerprint density at radius 1 is 1.14 bits per heavy atom. The molecule has 0 saturated carbocycles. The number of carbonyl (C=O) groups excluding carboxylic acids is 3. The second-order valence-corrected chi connectivity index (χ2v) is 5.40. The molecule has 0 aromatic rings. The van der Waals surface area contributed by atoms with E-state index in [2.05, 4.69) is 0 Å². The topological polar surface area (TPSA) is 97.4 Å². The lowest BCUT2D eigenvalue weighted by Gasteiger charge is -2.38. The van der Waals surface area contributed by atoms with Crippen LogP contribution in [0.15, 0.2) is 0 Å². The zero-order chi connectivity index (χ0) is 15.8. The average molecular weight is 302 g/mol. The van der Waals surface area contributed by atoms with Crippen molar-refractivity contribution in [1.29, 1.82) is 0 Å². The highest BCUT2D eigenvalue weighted by atomic mass is 16.8. The quantitative estimate of drug-likeness (QED) is 0.654. The maximum Gasteiger partial charge on any atom is 0.303 e. The van der Waals surface area contributed by atoms with E-state index in [-0.39, 0.29) is 13.2 Å². The summed E-state index contributed by atoms with van der Waals surface area (Å²) in [6.07, 6.45) is -2.28. The molecule has 2 heterocycles. The molecule has 2 aliphatic heterocycles. The fraction of sp³-hybridized carbons (Fsp3) is 0.769. The summed E-state index contributed by atoms with van der Waals surface area (Å²) in [6.45, 7) is 5.37. The van der Waals surface area contributed by atoms with E-state index >= 15 is 0 Å². The van der Waals surface area contributed by atoms with Gasteiger partial charge in [-0.05, 0) is 13.8 Å². The molecule has 0 unspecified atom stereocenters. The lowest BCUT2D eigenvalue weighted by molar-refractivity contribution is -0.274. The highest BCUT2D eigenvalue weighted by Gasteiger charge is 2.60. The number of Topliss-reactive ketones (excluding diaryl/α,β-unsaturated/α-hetero) is 1. The van der Waals surface area contributed by atoms with Crippen LogP contribution in [0.3, 0.4) is 0 Å². The van der Waals surface area contributed by atoms with E-state index in [0.717, 1.165) is 6.92 Å². The Bertz CT molecular complexity index is 471. The van der Waals surface area contributed by atoms with Gasteiger partial charge in [-0.1, -0.05) is 0 Å². The molecule has 2 fully saturated rings. The van der Waals surface area contributed by atoms with Crippen molar-refractivity contribution >= 4 is 17.7 Å². The highest BCUT2D eigenvalue weighted by molar-refractivity contribution is 5.93. The normalized spacial score (nSPS) is 34.8. The first kappa shape index (κ1) is 15.9. The predicted molar refractivity (Wildman–Crippen MR) is 65.9 cm³/mol. The van der Waals surface area contributed by atoms with Gasteiger partial charge in [-0.15, -0.1) is 0 Å². The molecule has 2 aliphatic rings. The van der Waals surface area contributed by atoms with E-state index in [4.69, 9.17) is 23.7 Å². The van der Waals surface area contributed by atoms with Gasteiger partial charge < -0.3 is 23.7 Å². The Kier molecular flexibility index (Phi) is 4.05. The van der Waals surface area contributed by atoms with Crippen molar-refractivity contribution in [1.82, 2.24) is 0 Å². The second-order valence-electron chi connectivity index (χ2n) is 5.40. The van der Waals surface area contributed by atoms with E-state index in [1.165, 1.54) is 6.92 Å². The van der Waals surface area contributed by atoms with E-state index in [0.29, 0.717) is 0 Å². The van der Waals surface area contributed by atoms with Crippen LogP contribution in [0.1, 0.15) is 27.7 Å². The Balaban J connectivity index is 2.23. The molecule has 1 spiro atoms. The molecule has 0 aliphatic carbocycles. The molecule has 0 bridgehead atoms. The van der Waals surface area contributed by atoms with Gasteiger partial charge in [-0.2, -0.15) is 0 Å². The number of esters is 2. The summed E-state index contributed by atoms with van der Waals surface area (Å²) >= 11 is 0. The van der Waals surface area contributed by atoms with Crippen molar-refractivity contribution in [2.24, 2.45) is 0 Å². The molecule has 3 atom stereocenters. The number of hydrogen-bond donors (Lipinski definition) is 0. The first-order valence-electron chi connectivity index (χ1n) is 6.52. The van der Waals surface area contributed by atoms with E-state index in [9.17, 15) is 14.4 Å². The molecule has 0 N–H and O–H groups in total. The molecule has 118 valence electrons.